The quantitative estimate of drug-likeness (QED) is 0.707. The molecule has 1 aromatic heterocycles. The van der Waals surface area contributed by atoms with Crippen LogP contribution in [0.4, 0.5) is 0 Å². The van der Waals surface area contributed by atoms with Crippen molar-refractivity contribution >= 4 is 11.9 Å². The third-order valence-corrected chi connectivity index (χ3v) is 3.86. The first-order valence-electron chi connectivity index (χ1n) is 7.85. The van der Waals surface area contributed by atoms with Crippen molar-refractivity contribution in [2.24, 2.45) is 0 Å². The Balaban J connectivity index is 1.75. The molecule has 3 rings (SSSR count). The van der Waals surface area contributed by atoms with Gasteiger partial charge in [-0.15, -0.1) is 0 Å². The van der Waals surface area contributed by atoms with Gasteiger partial charge in [0.15, 0.2) is 0 Å². The molecule has 0 aliphatic carbocycles. The molecule has 0 aliphatic heterocycles. The van der Waals surface area contributed by atoms with E-state index in [1.165, 1.54) is 0 Å². The highest BCUT2D eigenvalue weighted by Crippen LogP contribution is 2.14. The number of hydrogen-bond acceptors (Lipinski definition) is 2. The van der Waals surface area contributed by atoms with Crippen LogP contribution in [0, 0.1) is 6.92 Å². The summed E-state index contributed by atoms with van der Waals surface area (Å²) in [6.45, 7) is 2.60. The lowest BCUT2D eigenvalue weighted by atomic mass is 10.1. The summed E-state index contributed by atoms with van der Waals surface area (Å²) in [6.07, 6.45) is 5.80. The van der Waals surface area contributed by atoms with Gasteiger partial charge < -0.3 is 9.67 Å². The summed E-state index contributed by atoms with van der Waals surface area (Å²) < 4.78 is 1.92. The van der Waals surface area contributed by atoms with Crippen LogP contribution in [0.5, 0.6) is 5.75 Å². The summed E-state index contributed by atoms with van der Waals surface area (Å²) in [4.78, 5) is 12.6. The number of aromatic nitrogens is 1. The van der Waals surface area contributed by atoms with Crippen LogP contribution in [0.2, 0.25) is 0 Å². The lowest BCUT2D eigenvalue weighted by Gasteiger charge is -2.06. The molecule has 0 saturated heterocycles. The number of phenolic OH excluding ortho intramolecular Hbond substituents is 1. The zero-order valence-electron chi connectivity index (χ0n) is 13.5. The Kier molecular flexibility index (Phi) is 4.62. The molecule has 24 heavy (non-hydrogen) atoms. The largest absolute Gasteiger partial charge is 0.508 e. The second kappa shape index (κ2) is 7.01. The van der Waals surface area contributed by atoms with Crippen molar-refractivity contribution in [1.29, 1.82) is 0 Å². The van der Waals surface area contributed by atoms with Gasteiger partial charge in [-0.2, -0.15) is 0 Å². The molecule has 0 atom stereocenters. The van der Waals surface area contributed by atoms with Crippen LogP contribution in [-0.2, 0) is 6.54 Å². The summed E-state index contributed by atoms with van der Waals surface area (Å²) in [7, 11) is 0. The molecule has 0 saturated carbocycles. The van der Waals surface area contributed by atoms with Crippen molar-refractivity contribution in [1.82, 2.24) is 4.57 Å². The Hall–Kier alpha value is -3.07. The average Bonchev–Trinajstić information content (AvgIpc) is 3.03. The number of carbonyl (C=O) groups excluding carboxylic acids is 1. The zero-order chi connectivity index (χ0) is 16.9. The van der Waals surface area contributed by atoms with E-state index < -0.39 is 0 Å². The molecule has 0 amide bonds. The van der Waals surface area contributed by atoms with E-state index in [-0.39, 0.29) is 11.5 Å². The smallest absolute Gasteiger partial charge is 0.209 e. The van der Waals surface area contributed by atoms with E-state index in [1.807, 2.05) is 72.3 Å². The van der Waals surface area contributed by atoms with Gasteiger partial charge in [0.05, 0.1) is 5.69 Å². The molecular weight excluding hydrogens is 298 g/mol. The van der Waals surface area contributed by atoms with Gasteiger partial charge in [-0.05, 0) is 36.8 Å². The van der Waals surface area contributed by atoms with Crippen molar-refractivity contribution in [3.63, 3.8) is 0 Å². The Labute approximate surface area is 141 Å². The zero-order valence-corrected chi connectivity index (χ0v) is 13.5. The second-order valence-electron chi connectivity index (χ2n) is 5.74. The van der Waals surface area contributed by atoms with Gasteiger partial charge in [-0.3, -0.25) is 4.79 Å². The van der Waals surface area contributed by atoms with E-state index in [9.17, 15) is 9.90 Å². The van der Waals surface area contributed by atoms with Crippen LogP contribution in [0.15, 0.2) is 72.9 Å². The highest BCUT2D eigenvalue weighted by Gasteiger charge is 2.12. The number of benzene rings is 2. The Bertz CT molecular complexity index is 873. The summed E-state index contributed by atoms with van der Waals surface area (Å²) in [5.74, 6) is 0.263. The fourth-order valence-corrected chi connectivity index (χ4v) is 2.56. The summed E-state index contributed by atoms with van der Waals surface area (Å²) in [6, 6.07) is 18.4. The first-order valence-corrected chi connectivity index (χ1v) is 7.85. The molecule has 0 spiro atoms. The fourth-order valence-electron chi connectivity index (χ4n) is 2.56. The van der Waals surface area contributed by atoms with E-state index in [1.54, 1.807) is 18.2 Å². The molecule has 1 N–H and O–H groups in total. The van der Waals surface area contributed by atoms with Crippen molar-refractivity contribution in [2.75, 3.05) is 0 Å². The van der Waals surface area contributed by atoms with Crippen molar-refractivity contribution < 1.29 is 9.90 Å². The van der Waals surface area contributed by atoms with Crippen molar-refractivity contribution in [3.8, 4) is 5.75 Å². The molecule has 2 aromatic carbocycles. The molecule has 120 valence electrons. The lowest BCUT2D eigenvalue weighted by molar-refractivity contribution is 0.103. The van der Waals surface area contributed by atoms with Gasteiger partial charge in [0, 0.05) is 18.3 Å². The SMILES string of the molecule is Cc1ccc(C(=O)c2cccn2C/C=C/c2cccc(O)c2)cc1. The topological polar surface area (TPSA) is 42.2 Å². The summed E-state index contributed by atoms with van der Waals surface area (Å²) >= 11 is 0. The number of hydrogen-bond donors (Lipinski definition) is 1. The van der Waals surface area contributed by atoms with Crippen LogP contribution in [0.25, 0.3) is 6.08 Å². The Morgan fingerprint density at radius 3 is 2.62 bits per heavy atom. The maximum Gasteiger partial charge on any atom is 0.209 e. The molecule has 0 radical (unpaired) electrons. The summed E-state index contributed by atoms with van der Waals surface area (Å²) in [5, 5.41) is 9.48. The number of aryl methyl sites for hydroxylation is 1. The van der Waals surface area contributed by atoms with Gasteiger partial charge >= 0.3 is 0 Å². The number of aromatic hydroxyl groups is 1. The van der Waals surface area contributed by atoms with Gasteiger partial charge in [0.25, 0.3) is 0 Å². The van der Waals surface area contributed by atoms with Crippen LogP contribution >= 0.6 is 0 Å². The Morgan fingerprint density at radius 1 is 1.08 bits per heavy atom. The third-order valence-electron chi connectivity index (χ3n) is 3.86. The van der Waals surface area contributed by atoms with E-state index >= 15 is 0 Å². The second-order valence-corrected chi connectivity index (χ2v) is 5.74. The molecular formula is C21H19NO2. The highest BCUT2D eigenvalue weighted by atomic mass is 16.3. The molecule has 0 bridgehead atoms. The molecule has 3 aromatic rings. The van der Waals surface area contributed by atoms with Crippen LogP contribution in [0.3, 0.4) is 0 Å². The number of carbonyl (C=O) groups is 1. The first kappa shape index (κ1) is 15.8. The van der Waals surface area contributed by atoms with Gasteiger partial charge in [-0.1, -0.05) is 54.1 Å². The van der Waals surface area contributed by atoms with Crippen molar-refractivity contribution in [2.45, 2.75) is 13.5 Å². The van der Waals surface area contributed by atoms with E-state index in [0.717, 1.165) is 11.1 Å². The third kappa shape index (κ3) is 3.63. The molecule has 0 fully saturated rings. The minimum absolute atomic E-state index is 0.0192. The normalized spacial score (nSPS) is 11.0. The van der Waals surface area contributed by atoms with Crippen molar-refractivity contribution in [3.05, 3.63) is 95.3 Å². The summed E-state index contributed by atoms with van der Waals surface area (Å²) in [5.41, 5.74) is 3.42. The van der Waals surface area contributed by atoms with Crippen LogP contribution < -0.4 is 0 Å². The van der Waals surface area contributed by atoms with E-state index in [0.29, 0.717) is 17.8 Å². The number of allylic oxidation sites excluding steroid dienone is 1. The minimum atomic E-state index is 0.0192. The molecule has 1 heterocycles. The lowest BCUT2D eigenvalue weighted by Crippen LogP contribution is -2.09. The highest BCUT2D eigenvalue weighted by molar-refractivity contribution is 6.08. The maximum absolute atomic E-state index is 12.6. The maximum atomic E-state index is 12.6. The predicted octanol–water partition coefficient (Wildman–Crippen LogP) is 4.45. The number of rotatable bonds is 5. The predicted molar refractivity (Wildman–Crippen MR) is 96.2 cm³/mol. The Morgan fingerprint density at radius 2 is 1.88 bits per heavy atom. The molecule has 3 heteroatoms. The monoisotopic (exact) mass is 317 g/mol. The number of nitrogens with zero attached hydrogens (tertiary/aromatic N) is 1. The first-order chi connectivity index (χ1) is 11.6. The average molecular weight is 317 g/mol. The minimum Gasteiger partial charge on any atom is -0.508 e. The molecule has 3 nitrogen and oxygen atoms in total. The molecule has 0 unspecified atom stereocenters. The van der Waals surface area contributed by atoms with E-state index in [4.69, 9.17) is 0 Å². The van der Waals surface area contributed by atoms with E-state index in [2.05, 4.69) is 0 Å². The van der Waals surface area contributed by atoms with Gasteiger partial charge in [-0.25, -0.2) is 0 Å². The standard InChI is InChI=1S/C21H19NO2/c1-16-9-11-18(12-10-16)21(24)20-8-4-14-22(20)13-3-6-17-5-2-7-19(23)15-17/h2-12,14-15,23H,13H2,1H3/b6-3+. The number of ketones is 1. The van der Waals surface area contributed by atoms with Crippen LogP contribution in [-0.4, -0.2) is 15.5 Å². The number of phenols is 1. The van der Waals surface area contributed by atoms with Crippen LogP contribution in [0.1, 0.15) is 27.2 Å². The molecule has 0 aliphatic rings. The van der Waals surface area contributed by atoms with Gasteiger partial charge in [0.2, 0.25) is 5.78 Å². The fraction of sp³-hybridized carbons (Fsp3) is 0.0952. The van der Waals surface area contributed by atoms with Gasteiger partial charge in [0.1, 0.15) is 5.75 Å².